The lowest BCUT2D eigenvalue weighted by atomic mass is 10.0. The molecule has 3 nitrogen and oxygen atoms in total. The van der Waals surface area contributed by atoms with Crippen LogP contribution in [0.1, 0.15) is 32.6 Å². The number of hydrogen-bond donors (Lipinski definition) is 1. The molecule has 3 saturated heterocycles. The topological polar surface area (TPSA) is 18.5 Å². The molecule has 0 aromatic heterocycles. The molecule has 0 saturated carbocycles. The average Bonchev–Trinajstić information content (AvgIpc) is 2.86. The van der Waals surface area contributed by atoms with Crippen LogP contribution in [0.3, 0.4) is 0 Å². The Morgan fingerprint density at radius 1 is 1.12 bits per heavy atom. The van der Waals surface area contributed by atoms with E-state index in [9.17, 15) is 0 Å². The van der Waals surface area contributed by atoms with Crippen molar-refractivity contribution in [2.24, 2.45) is 5.92 Å². The summed E-state index contributed by atoms with van der Waals surface area (Å²) in [6.45, 7) is 10.3. The predicted octanol–water partition coefficient (Wildman–Crippen LogP) is 1.15. The van der Waals surface area contributed by atoms with Crippen LogP contribution in [-0.4, -0.2) is 61.2 Å². The predicted molar refractivity (Wildman–Crippen MR) is 71.2 cm³/mol. The van der Waals surface area contributed by atoms with Crippen LogP contribution in [0, 0.1) is 5.92 Å². The minimum absolute atomic E-state index is 0.753. The molecule has 3 heterocycles. The molecule has 0 aromatic rings. The van der Waals surface area contributed by atoms with Gasteiger partial charge in [0.15, 0.2) is 0 Å². The number of nitrogens with one attached hydrogen (secondary N) is 1. The summed E-state index contributed by atoms with van der Waals surface area (Å²) < 4.78 is 0. The molecule has 0 spiro atoms. The Labute approximate surface area is 106 Å². The fourth-order valence-electron chi connectivity index (χ4n) is 3.87. The van der Waals surface area contributed by atoms with Gasteiger partial charge < -0.3 is 10.2 Å². The van der Waals surface area contributed by atoms with Crippen LogP contribution in [0.4, 0.5) is 0 Å². The lowest BCUT2D eigenvalue weighted by Crippen LogP contribution is -2.43. The first-order valence-electron chi connectivity index (χ1n) is 7.53. The zero-order valence-corrected chi connectivity index (χ0v) is 11.2. The first-order valence-corrected chi connectivity index (χ1v) is 7.53. The van der Waals surface area contributed by atoms with E-state index in [4.69, 9.17) is 0 Å². The Morgan fingerprint density at radius 2 is 2.00 bits per heavy atom. The molecule has 0 aromatic carbocycles. The first kappa shape index (κ1) is 11.9. The number of hydrogen-bond acceptors (Lipinski definition) is 3. The SMILES string of the molecule is CC1CCNC1CN1CCCN2CCCC2C1. The summed E-state index contributed by atoms with van der Waals surface area (Å²) in [5.41, 5.74) is 0. The van der Waals surface area contributed by atoms with Crippen LogP contribution in [-0.2, 0) is 0 Å². The molecule has 3 rings (SSSR count). The number of nitrogens with zero attached hydrogens (tertiary/aromatic N) is 2. The van der Waals surface area contributed by atoms with Gasteiger partial charge in [-0.15, -0.1) is 0 Å². The zero-order chi connectivity index (χ0) is 11.7. The van der Waals surface area contributed by atoms with Gasteiger partial charge in [-0.25, -0.2) is 0 Å². The van der Waals surface area contributed by atoms with Gasteiger partial charge >= 0.3 is 0 Å². The van der Waals surface area contributed by atoms with E-state index < -0.39 is 0 Å². The summed E-state index contributed by atoms with van der Waals surface area (Å²) in [6, 6.07) is 1.62. The lowest BCUT2D eigenvalue weighted by Gasteiger charge is -2.29. The van der Waals surface area contributed by atoms with Crippen molar-refractivity contribution in [1.82, 2.24) is 15.1 Å². The van der Waals surface area contributed by atoms with Gasteiger partial charge in [0.2, 0.25) is 0 Å². The maximum absolute atomic E-state index is 3.68. The van der Waals surface area contributed by atoms with Gasteiger partial charge in [-0.3, -0.25) is 4.90 Å². The van der Waals surface area contributed by atoms with Gasteiger partial charge in [-0.1, -0.05) is 6.92 Å². The molecule has 0 bridgehead atoms. The third kappa shape index (κ3) is 2.67. The second kappa shape index (κ2) is 5.25. The maximum atomic E-state index is 3.68. The molecule has 0 aliphatic carbocycles. The van der Waals surface area contributed by atoms with Gasteiger partial charge in [0.1, 0.15) is 0 Å². The summed E-state index contributed by atoms with van der Waals surface area (Å²) in [6.07, 6.45) is 5.60. The van der Waals surface area contributed by atoms with E-state index in [1.165, 1.54) is 65.0 Å². The molecule has 17 heavy (non-hydrogen) atoms. The Balaban J connectivity index is 1.55. The van der Waals surface area contributed by atoms with Crippen molar-refractivity contribution in [3.05, 3.63) is 0 Å². The lowest BCUT2D eigenvalue weighted by molar-refractivity contribution is 0.201. The molecule has 3 fully saturated rings. The number of fused-ring (bicyclic) bond motifs is 1. The quantitative estimate of drug-likeness (QED) is 0.777. The largest absolute Gasteiger partial charge is 0.312 e. The Hall–Kier alpha value is -0.120. The minimum Gasteiger partial charge on any atom is -0.312 e. The summed E-state index contributed by atoms with van der Waals surface area (Å²) in [4.78, 5) is 5.46. The van der Waals surface area contributed by atoms with Crippen LogP contribution in [0.2, 0.25) is 0 Å². The highest BCUT2D eigenvalue weighted by Gasteiger charge is 2.31. The van der Waals surface area contributed by atoms with Crippen molar-refractivity contribution in [2.45, 2.75) is 44.7 Å². The maximum Gasteiger partial charge on any atom is 0.0223 e. The summed E-state index contributed by atoms with van der Waals surface area (Å²) >= 11 is 0. The van der Waals surface area contributed by atoms with Gasteiger partial charge in [-0.05, 0) is 57.8 Å². The van der Waals surface area contributed by atoms with Crippen molar-refractivity contribution in [3.63, 3.8) is 0 Å². The smallest absolute Gasteiger partial charge is 0.0223 e. The van der Waals surface area contributed by atoms with Crippen LogP contribution >= 0.6 is 0 Å². The average molecular weight is 237 g/mol. The van der Waals surface area contributed by atoms with Gasteiger partial charge in [0.25, 0.3) is 0 Å². The zero-order valence-electron chi connectivity index (χ0n) is 11.2. The molecule has 3 aliphatic rings. The molecular formula is C14H27N3. The second-order valence-electron chi connectivity index (χ2n) is 6.27. The molecule has 0 radical (unpaired) electrons. The monoisotopic (exact) mass is 237 g/mol. The molecule has 3 heteroatoms. The first-order chi connectivity index (χ1) is 8.33. The van der Waals surface area contributed by atoms with Crippen molar-refractivity contribution in [1.29, 1.82) is 0 Å². The van der Waals surface area contributed by atoms with Crippen LogP contribution in [0.25, 0.3) is 0 Å². The molecule has 3 unspecified atom stereocenters. The summed E-state index contributed by atoms with van der Waals surface area (Å²) in [5.74, 6) is 0.873. The highest BCUT2D eigenvalue weighted by atomic mass is 15.3. The Morgan fingerprint density at radius 3 is 2.82 bits per heavy atom. The molecule has 98 valence electrons. The van der Waals surface area contributed by atoms with E-state index in [0.29, 0.717) is 0 Å². The van der Waals surface area contributed by atoms with Crippen molar-refractivity contribution in [2.75, 3.05) is 39.3 Å². The highest BCUT2D eigenvalue weighted by Crippen LogP contribution is 2.23. The van der Waals surface area contributed by atoms with Crippen molar-refractivity contribution in [3.8, 4) is 0 Å². The minimum atomic E-state index is 0.753. The standard InChI is InChI=1S/C14H27N3/c1-12-5-6-15-14(12)11-16-7-3-9-17-8-2-4-13(17)10-16/h12-15H,2-11H2,1H3. The van der Waals surface area contributed by atoms with Crippen LogP contribution in [0.15, 0.2) is 0 Å². The van der Waals surface area contributed by atoms with Crippen molar-refractivity contribution >= 4 is 0 Å². The highest BCUT2D eigenvalue weighted by molar-refractivity contribution is 4.89. The third-order valence-electron chi connectivity index (χ3n) is 5.04. The van der Waals surface area contributed by atoms with Gasteiger partial charge in [0.05, 0.1) is 0 Å². The summed E-state index contributed by atoms with van der Waals surface area (Å²) in [7, 11) is 0. The summed E-state index contributed by atoms with van der Waals surface area (Å²) in [5, 5.41) is 3.68. The third-order valence-corrected chi connectivity index (χ3v) is 5.04. The Bertz CT molecular complexity index is 256. The molecule has 3 atom stereocenters. The van der Waals surface area contributed by atoms with E-state index in [2.05, 4.69) is 22.0 Å². The molecule has 0 amide bonds. The van der Waals surface area contributed by atoms with Crippen LogP contribution < -0.4 is 5.32 Å². The Kier molecular flexibility index (Phi) is 3.69. The van der Waals surface area contributed by atoms with E-state index in [-0.39, 0.29) is 0 Å². The van der Waals surface area contributed by atoms with Gasteiger partial charge in [0, 0.05) is 25.2 Å². The van der Waals surface area contributed by atoms with E-state index in [1.807, 2.05) is 0 Å². The van der Waals surface area contributed by atoms with E-state index in [0.717, 1.165) is 18.0 Å². The second-order valence-corrected chi connectivity index (χ2v) is 6.27. The number of rotatable bonds is 2. The van der Waals surface area contributed by atoms with Crippen LogP contribution in [0.5, 0.6) is 0 Å². The van der Waals surface area contributed by atoms with Crippen molar-refractivity contribution < 1.29 is 0 Å². The fraction of sp³-hybridized carbons (Fsp3) is 1.00. The molecule has 1 N–H and O–H groups in total. The molecular weight excluding hydrogens is 210 g/mol. The normalized spacial score (nSPS) is 40.4. The van der Waals surface area contributed by atoms with Gasteiger partial charge in [-0.2, -0.15) is 0 Å². The van der Waals surface area contributed by atoms with E-state index >= 15 is 0 Å². The van der Waals surface area contributed by atoms with E-state index in [1.54, 1.807) is 0 Å². The fourth-order valence-corrected chi connectivity index (χ4v) is 3.87. The molecule has 3 aliphatic heterocycles.